The minimum Gasteiger partial charge on any atom is -0.308 e. The number of aryl methyl sites for hydroxylation is 1. The molecule has 0 aliphatic carbocycles. The Morgan fingerprint density at radius 3 is 2.68 bits per heavy atom. The summed E-state index contributed by atoms with van der Waals surface area (Å²) in [4.78, 5) is 8.94. The second-order valence-electron chi connectivity index (χ2n) is 4.08. The van der Waals surface area contributed by atoms with Crippen LogP contribution in [0.2, 0.25) is 5.02 Å². The third kappa shape index (κ3) is 2.88. The Bertz CT molecular complexity index is 616. The molecule has 6 heteroatoms. The Morgan fingerprint density at radius 1 is 1.37 bits per heavy atom. The summed E-state index contributed by atoms with van der Waals surface area (Å²) >= 11 is 9.60. The van der Waals surface area contributed by atoms with Crippen LogP contribution in [0, 0.1) is 6.92 Å². The molecule has 0 fully saturated rings. The molecule has 0 bridgehead atoms. The average Bonchev–Trinajstić information content (AvgIpc) is 2.37. The molecule has 0 radical (unpaired) electrons. The highest BCUT2D eigenvalue weighted by Crippen LogP contribution is 2.30. The first-order valence-corrected chi connectivity index (χ1v) is 7.03. The predicted molar refractivity (Wildman–Crippen MR) is 82.1 cm³/mol. The zero-order valence-corrected chi connectivity index (χ0v) is 13.0. The van der Waals surface area contributed by atoms with Crippen LogP contribution >= 0.6 is 27.5 Å². The van der Waals surface area contributed by atoms with Crippen molar-refractivity contribution in [3.8, 4) is 11.4 Å². The fourth-order valence-electron chi connectivity index (χ4n) is 1.93. The fraction of sp³-hybridized carbons (Fsp3) is 0.231. The van der Waals surface area contributed by atoms with Gasteiger partial charge in [0.05, 0.1) is 5.02 Å². The summed E-state index contributed by atoms with van der Waals surface area (Å²) in [5, 5.41) is 0.598. The van der Waals surface area contributed by atoms with E-state index in [0.29, 0.717) is 16.7 Å². The van der Waals surface area contributed by atoms with Gasteiger partial charge < -0.3 is 5.43 Å². The molecule has 0 aliphatic rings. The number of aromatic nitrogens is 2. The van der Waals surface area contributed by atoms with E-state index in [4.69, 9.17) is 17.4 Å². The normalized spacial score (nSPS) is 10.6. The van der Waals surface area contributed by atoms with Crippen molar-refractivity contribution in [2.24, 2.45) is 5.84 Å². The first kappa shape index (κ1) is 14.2. The SMILES string of the molecule is CCc1c(C)nc(-c2ccc(Br)cc2Cl)nc1NN. The van der Waals surface area contributed by atoms with Crippen LogP contribution in [0.4, 0.5) is 5.82 Å². The van der Waals surface area contributed by atoms with E-state index in [9.17, 15) is 0 Å². The standard InChI is InChI=1S/C13H14BrClN4/c1-3-9-7(2)17-12(18-13(9)19-16)10-5-4-8(14)6-11(10)15/h4-6H,3,16H2,1-2H3,(H,17,18,19). The van der Waals surface area contributed by atoms with Gasteiger partial charge in [-0.05, 0) is 31.5 Å². The van der Waals surface area contributed by atoms with Gasteiger partial charge in [-0.1, -0.05) is 34.5 Å². The molecule has 1 aromatic heterocycles. The van der Waals surface area contributed by atoms with Crippen molar-refractivity contribution in [2.45, 2.75) is 20.3 Å². The number of anilines is 1. The lowest BCUT2D eigenvalue weighted by Crippen LogP contribution is -2.13. The Kier molecular flexibility index (Phi) is 4.39. The maximum atomic E-state index is 6.22. The van der Waals surface area contributed by atoms with Gasteiger partial charge in [0.15, 0.2) is 5.82 Å². The quantitative estimate of drug-likeness (QED) is 0.660. The van der Waals surface area contributed by atoms with Gasteiger partial charge in [-0.25, -0.2) is 15.8 Å². The van der Waals surface area contributed by atoms with Crippen LogP contribution < -0.4 is 11.3 Å². The zero-order valence-electron chi connectivity index (χ0n) is 10.7. The molecule has 0 aliphatic heterocycles. The van der Waals surface area contributed by atoms with Crippen LogP contribution in [0.5, 0.6) is 0 Å². The highest BCUT2D eigenvalue weighted by molar-refractivity contribution is 9.10. The molecule has 1 heterocycles. The molecule has 0 atom stereocenters. The predicted octanol–water partition coefficient (Wildman–Crippen LogP) is 3.72. The number of benzene rings is 1. The minimum atomic E-state index is 0.570. The van der Waals surface area contributed by atoms with E-state index < -0.39 is 0 Å². The summed E-state index contributed by atoms with van der Waals surface area (Å²) in [7, 11) is 0. The van der Waals surface area contributed by atoms with Crippen LogP contribution in [-0.4, -0.2) is 9.97 Å². The van der Waals surface area contributed by atoms with Gasteiger partial charge in [0.25, 0.3) is 0 Å². The van der Waals surface area contributed by atoms with Crippen molar-refractivity contribution in [3.05, 3.63) is 39.0 Å². The first-order valence-electron chi connectivity index (χ1n) is 5.86. The van der Waals surface area contributed by atoms with E-state index >= 15 is 0 Å². The van der Waals surface area contributed by atoms with E-state index in [-0.39, 0.29) is 0 Å². The number of hydrogen-bond donors (Lipinski definition) is 2. The van der Waals surface area contributed by atoms with Crippen LogP contribution in [0.25, 0.3) is 11.4 Å². The Balaban J connectivity index is 2.60. The van der Waals surface area contributed by atoms with Gasteiger partial charge in [0.1, 0.15) is 5.82 Å². The lowest BCUT2D eigenvalue weighted by molar-refractivity contribution is 0.995. The number of nitrogens with zero attached hydrogens (tertiary/aromatic N) is 2. The number of nitrogen functional groups attached to an aromatic ring is 1. The lowest BCUT2D eigenvalue weighted by atomic mass is 10.1. The molecule has 2 aromatic rings. The van der Waals surface area contributed by atoms with Crippen molar-refractivity contribution < 1.29 is 0 Å². The number of hydrazine groups is 1. The molecule has 0 spiro atoms. The molecule has 1 aromatic carbocycles. The van der Waals surface area contributed by atoms with Crippen molar-refractivity contribution in [1.82, 2.24) is 9.97 Å². The maximum Gasteiger partial charge on any atom is 0.163 e. The number of hydrogen-bond acceptors (Lipinski definition) is 4. The van der Waals surface area contributed by atoms with Crippen LogP contribution in [-0.2, 0) is 6.42 Å². The summed E-state index contributed by atoms with van der Waals surface area (Å²) < 4.78 is 0.917. The van der Waals surface area contributed by atoms with Crippen LogP contribution in [0.3, 0.4) is 0 Å². The minimum absolute atomic E-state index is 0.570. The van der Waals surface area contributed by atoms with E-state index in [1.54, 1.807) is 0 Å². The third-order valence-corrected chi connectivity index (χ3v) is 3.68. The first-order chi connectivity index (χ1) is 9.06. The summed E-state index contributed by atoms with van der Waals surface area (Å²) in [6, 6.07) is 5.61. The highest BCUT2D eigenvalue weighted by Gasteiger charge is 2.13. The second-order valence-corrected chi connectivity index (χ2v) is 5.40. The summed E-state index contributed by atoms with van der Waals surface area (Å²) in [5.41, 5.74) is 5.32. The Hall–Kier alpha value is -1.17. The monoisotopic (exact) mass is 340 g/mol. The maximum absolute atomic E-state index is 6.22. The zero-order chi connectivity index (χ0) is 14.0. The molecule has 100 valence electrons. The lowest BCUT2D eigenvalue weighted by Gasteiger charge is -2.12. The van der Waals surface area contributed by atoms with Crippen molar-refractivity contribution in [1.29, 1.82) is 0 Å². The summed E-state index contributed by atoms with van der Waals surface area (Å²) in [6.07, 6.45) is 0.819. The number of rotatable bonds is 3. The number of nitrogens with one attached hydrogen (secondary N) is 1. The van der Waals surface area contributed by atoms with Gasteiger partial charge in [-0.15, -0.1) is 0 Å². The van der Waals surface area contributed by atoms with Crippen LogP contribution in [0.15, 0.2) is 22.7 Å². The van der Waals surface area contributed by atoms with Crippen LogP contribution in [0.1, 0.15) is 18.2 Å². The average molecular weight is 342 g/mol. The molecular weight excluding hydrogens is 328 g/mol. The molecule has 19 heavy (non-hydrogen) atoms. The topological polar surface area (TPSA) is 63.8 Å². The summed E-state index contributed by atoms with van der Waals surface area (Å²) in [6.45, 7) is 3.98. The number of nitrogens with two attached hydrogens (primary N) is 1. The van der Waals surface area contributed by atoms with Gasteiger partial charge in [-0.2, -0.15) is 0 Å². The highest BCUT2D eigenvalue weighted by atomic mass is 79.9. The van der Waals surface area contributed by atoms with E-state index in [1.165, 1.54) is 0 Å². The van der Waals surface area contributed by atoms with Gasteiger partial charge in [0.2, 0.25) is 0 Å². The molecular formula is C13H14BrClN4. The molecule has 0 saturated carbocycles. The molecule has 0 unspecified atom stereocenters. The van der Waals surface area contributed by atoms with Crippen molar-refractivity contribution in [3.63, 3.8) is 0 Å². The van der Waals surface area contributed by atoms with E-state index in [2.05, 4.69) is 31.3 Å². The second kappa shape index (κ2) is 5.86. The molecule has 4 nitrogen and oxygen atoms in total. The Labute approximate surface area is 125 Å². The largest absolute Gasteiger partial charge is 0.308 e. The molecule has 0 amide bonds. The smallest absolute Gasteiger partial charge is 0.163 e. The molecule has 0 saturated heterocycles. The fourth-order valence-corrected chi connectivity index (χ4v) is 2.69. The molecule has 3 N–H and O–H groups in total. The molecule has 2 rings (SSSR count). The van der Waals surface area contributed by atoms with E-state index in [0.717, 1.165) is 27.7 Å². The van der Waals surface area contributed by atoms with Gasteiger partial charge in [-0.3, -0.25) is 0 Å². The van der Waals surface area contributed by atoms with Gasteiger partial charge >= 0.3 is 0 Å². The number of halogens is 2. The van der Waals surface area contributed by atoms with Crippen molar-refractivity contribution in [2.75, 3.05) is 5.43 Å². The summed E-state index contributed by atoms with van der Waals surface area (Å²) in [5.74, 6) is 6.74. The van der Waals surface area contributed by atoms with E-state index in [1.807, 2.05) is 32.0 Å². The van der Waals surface area contributed by atoms with Crippen molar-refractivity contribution >= 4 is 33.3 Å². The Morgan fingerprint density at radius 2 is 2.11 bits per heavy atom. The van der Waals surface area contributed by atoms with Gasteiger partial charge in [0, 0.05) is 21.3 Å². The third-order valence-electron chi connectivity index (χ3n) is 2.88.